The normalized spacial score (nSPS) is 9.68. The highest BCUT2D eigenvalue weighted by atomic mass is 16.5. The molecule has 0 saturated heterocycles. The highest BCUT2D eigenvalue weighted by Crippen LogP contribution is 2.23. The Bertz CT molecular complexity index is 675. The molecule has 0 saturated carbocycles. The molecular formula is C14H11N3O2. The van der Waals surface area contributed by atoms with Crippen molar-refractivity contribution in [2.75, 3.05) is 7.11 Å². The van der Waals surface area contributed by atoms with Crippen LogP contribution >= 0.6 is 0 Å². The summed E-state index contributed by atoms with van der Waals surface area (Å²) in [7, 11) is 1.41. The standard InChI is InChI=1S/C14H11N3O2/c1-3-9-6-4-5-7-10(9)13-16-8-11(12(15)18)14(17-13)19-2/h1,4-8H,2H3,(H2,15,18). The number of aromatic nitrogens is 2. The van der Waals surface area contributed by atoms with E-state index < -0.39 is 5.91 Å². The van der Waals surface area contributed by atoms with Gasteiger partial charge in [-0.2, -0.15) is 4.98 Å². The van der Waals surface area contributed by atoms with Crippen LogP contribution in [0.5, 0.6) is 5.88 Å². The Kier molecular flexibility index (Phi) is 3.44. The number of amides is 1. The van der Waals surface area contributed by atoms with Gasteiger partial charge in [-0.3, -0.25) is 4.79 Å². The molecule has 2 rings (SSSR count). The third kappa shape index (κ3) is 2.38. The van der Waals surface area contributed by atoms with Gasteiger partial charge in [0.2, 0.25) is 5.88 Å². The van der Waals surface area contributed by atoms with Crippen LogP contribution in [0, 0.1) is 12.3 Å². The van der Waals surface area contributed by atoms with Crippen LogP contribution in [0.1, 0.15) is 15.9 Å². The molecule has 2 aromatic rings. The van der Waals surface area contributed by atoms with Gasteiger partial charge in [-0.05, 0) is 12.1 Å². The second-order valence-corrected chi connectivity index (χ2v) is 3.67. The summed E-state index contributed by atoms with van der Waals surface area (Å²) in [6, 6.07) is 7.24. The molecule has 1 amide bonds. The summed E-state index contributed by atoms with van der Waals surface area (Å²) >= 11 is 0. The highest BCUT2D eigenvalue weighted by Gasteiger charge is 2.14. The van der Waals surface area contributed by atoms with Gasteiger partial charge >= 0.3 is 0 Å². The predicted molar refractivity (Wildman–Crippen MR) is 70.5 cm³/mol. The van der Waals surface area contributed by atoms with Gasteiger partial charge in [0.25, 0.3) is 5.91 Å². The maximum absolute atomic E-state index is 11.2. The predicted octanol–water partition coefficient (Wildman–Crippen LogP) is 1.23. The Labute approximate surface area is 110 Å². The van der Waals surface area contributed by atoms with Crippen LogP contribution in [-0.2, 0) is 0 Å². The van der Waals surface area contributed by atoms with Crippen LogP contribution in [-0.4, -0.2) is 23.0 Å². The van der Waals surface area contributed by atoms with E-state index in [-0.39, 0.29) is 11.4 Å². The topological polar surface area (TPSA) is 78.1 Å². The molecule has 0 atom stereocenters. The fraction of sp³-hybridized carbons (Fsp3) is 0.0714. The molecule has 0 aliphatic heterocycles. The Balaban J connectivity index is 2.59. The third-order valence-corrected chi connectivity index (χ3v) is 2.54. The third-order valence-electron chi connectivity index (χ3n) is 2.54. The second-order valence-electron chi connectivity index (χ2n) is 3.67. The van der Waals surface area contributed by atoms with Gasteiger partial charge in [0.15, 0.2) is 5.82 Å². The minimum Gasteiger partial charge on any atom is -0.480 e. The number of benzene rings is 1. The highest BCUT2D eigenvalue weighted by molar-refractivity contribution is 5.94. The number of ether oxygens (including phenoxy) is 1. The summed E-state index contributed by atoms with van der Waals surface area (Å²) in [5.41, 5.74) is 6.69. The van der Waals surface area contributed by atoms with Crippen molar-refractivity contribution in [2.24, 2.45) is 5.73 Å². The van der Waals surface area contributed by atoms with Gasteiger partial charge in [-0.25, -0.2) is 4.98 Å². The number of hydrogen-bond acceptors (Lipinski definition) is 4. The molecule has 0 aliphatic carbocycles. The van der Waals surface area contributed by atoms with Gasteiger partial charge in [0.1, 0.15) is 5.56 Å². The molecule has 0 aliphatic rings. The first-order valence-corrected chi connectivity index (χ1v) is 5.44. The lowest BCUT2D eigenvalue weighted by atomic mass is 10.1. The summed E-state index contributed by atoms with van der Waals surface area (Å²) in [4.78, 5) is 19.4. The average molecular weight is 253 g/mol. The molecule has 0 bridgehead atoms. The summed E-state index contributed by atoms with van der Waals surface area (Å²) in [5, 5.41) is 0. The summed E-state index contributed by atoms with van der Waals surface area (Å²) < 4.78 is 5.04. The molecule has 0 spiro atoms. The van der Waals surface area contributed by atoms with Gasteiger partial charge in [0, 0.05) is 17.3 Å². The zero-order valence-corrected chi connectivity index (χ0v) is 10.3. The van der Waals surface area contributed by atoms with Gasteiger partial charge < -0.3 is 10.5 Å². The largest absolute Gasteiger partial charge is 0.480 e. The van der Waals surface area contributed by atoms with Gasteiger partial charge in [0.05, 0.1) is 7.11 Å². The molecule has 0 radical (unpaired) electrons. The number of carbonyl (C=O) groups excluding carboxylic acids is 1. The van der Waals surface area contributed by atoms with E-state index in [9.17, 15) is 4.79 Å². The number of nitrogens with zero attached hydrogens (tertiary/aromatic N) is 2. The van der Waals surface area contributed by atoms with Crippen LogP contribution in [0.3, 0.4) is 0 Å². The molecule has 0 fully saturated rings. The summed E-state index contributed by atoms with van der Waals surface area (Å²) in [6.07, 6.45) is 6.76. The van der Waals surface area contributed by atoms with E-state index in [4.69, 9.17) is 16.9 Å². The molecule has 0 unspecified atom stereocenters. The van der Waals surface area contributed by atoms with Gasteiger partial charge in [-0.1, -0.05) is 18.1 Å². The van der Waals surface area contributed by atoms with Crippen LogP contribution in [0.25, 0.3) is 11.4 Å². The van der Waals surface area contributed by atoms with Crippen LogP contribution in [0.15, 0.2) is 30.5 Å². The van der Waals surface area contributed by atoms with Crippen molar-refractivity contribution < 1.29 is 9.53 Å². The number of rotatable bonds is 3. The number of carbonyl (C=O) groups is 1. The van der Waals surface area contributed by atoms with E-state index in [1.54, 1.807) is 12.1 Å². The minimum atomic E-state index is -0.645. The van der Waals surface area contributed by atoms with E-state index in [0.717, 1.165) is 0 Å². The van der Waals surface area contributed by atoms with Crippen LogP contribution < -0.4 is 10.5 Å². The van der Waals surface area contributed by atoms with Crippen molar-refractivity contribution in [1.29, 1.82) is 0 Å². The first-order chi connectivity index (χ1) is 9.17. The van der Waals surface area contributed by atoms with Gasteiger partial charge in [-0.15, -0.1) is 6.42 Å². The monoisotopic (exact) mass is 253 g/mol. The van der Waals surface area contributed by atoms with E-state index in [0.29, 0.717) is 17.0 Å². The quantitative estimate of drug-likeness (QED) is 0.834. The number of hydrogen-bond donors (Lipinski definition) is 1. The lowest BCUT2D eigenvalue weighted by molar-refractivity contribution is 0.0996. The average Bonchev–Trinajstić information content (AvgIpc) is 2.46. The number of primary amides is 1. The smallest absolute Gasteiger partial charge is 0.255 e. The van der Waals surface area contributed by atoms with Crippen molar-refractivity contribution in [3.63, 3.8) is 0 Å². The van der Waals surface area contributed by atoms with Crippen molar-refractivity contribution in [3.8, 4) is 29.6 Å². The lowest BCUT2D eigenvalue weighted by Gasteiger charge is -2.07. The van der Waals surface area contributed by atoms with E-state index >= 15 is 0 Å². The van der Waals surface area contributed by atoms with E-state index in [1.807, 2.05) is 12.1 Å². The van der Waals surface area contributed by atoms with Crippen molar-refractivity contribution >= 4 is 5.91 Å². The molecule has 19 heavy (non-hydrogen) atoms. The maximum atomic E-state index is 11.2. The fourth-order valence-corrected chi connectivity index (χ4v) is 1.62. The SMILES string of the molecule is C#Cc1ccccc1-c1ncc(C(N)=O)c(OC)n1. The van der Waals surface area contributed by atoms with E-state index in [2.05, 4.69) is 15.9 Å². The Morgan fingerprint density at radius 1 is 1.42 bits per heavy atom. The number of terminal acetylenes is 1. The Hall–Kier alpha value is -2.87. The molecule has 1 aromatic carbocycles. The molecular weight excluding hydrogens is 242 g/mol. The molecule has 1 aromatic heterocycles. The first-order valence-electron chi connectivity index (χ1n) is 5.44. The summed E-state index contributed by atoms with van der Waals surface area (Å²) in [6.45, 7) is 0. The number of nitrogens with two attached hydrogens (primary N) is 1. The van der Waals surface area contributed by atoms with Crippen LogP contribution in [0.2, 0.25) is 0 Å². The van der Waals surface area contributed by atoms with Crippen molar-refractivity contribution in [2.45, 2.75) is 0 Å². The van der Waals surface area contributed by atoms with Crippen molar-refractivity contribution in [1.82, 2.24) is 9.97 Å². The summed E-state index contributed by atoms with van der Waals surface area (Å²) in [5.74, 6) is 2.43. The molecule has 1 heterocycles. The zero-order chi connectivity index (χ0) is 13.8. The maximum Gasteiger partial charge on any atom is 0.255 e. The molecule has 5 heteroatoms. The molecule has 5 nitrogen and oxygen atoms in total. The zero-order valence-electron chi connectivity index (χ0n) is 10.3. The molecule has 94 valence electrons. The minimum absolute atomic E-state index is 0.129. The Morgan fingerprint density at radius 2 is 2.16 bits per heavy atom. The van der Waals surface area contributed by atoms with Crippen molar-refractivity contribution in [3.05, 3.63) is 41.6 Å². The Morgan fingerprint density at radius 3 is 2.79 bits per heavy atom. The van der Waals surface area contributed by atoms with Crippen LogP contribution in [0.4, 0.5) is 0 Å². The molecule has 2 N–H and O–H groups in total. The lowest BCUT2D eigenvalue weighted by Crippen LogP contribution is -2.14. The fourth-order valence-electron chi connectivity index (χ4n) is 1.62. The number of methoxy groups -OCH3 is 1. The first kappa shape index (κ1) is 12.6. The second kappa shape index (κ2) is 5.19. The van der Waals surface area contributed by atoms with E-state index in [1.165, 1.54) is 13.3 Å².